The van der Waals surface area contributed by atoms with E-state index in [2.05, 4.69) is 10.2 Å². The van der Waals surface area contributed by atoms with Gasteiger partial charge in [0.05, 0.1) is 5.56 Å². The van der Waals surface area contributed by atoms with Crippen molar-refractivity contribution in [1.82, 2.24) is 10.2 Å². The molecule has 1 aliphatic heterocycles. The number of aromatic carboxylic acids is 1. The second-order valence-corrected chi connectivity index (χ2v) is 4.38. The van der Waals surface area contributed by atoms with Crippen LogP contribution in [-0.2, 0) is 6.54 Å². The first-order chi connectivity index (χ1) is 8.25. The highest BCUT2D eigenvalue weighted by Crippen LogP contribution is 2.08. The molecular formula is C13H19ClN2O2. The highest BCUT2D eigenvalue weighted by molar-refractivity contribution is 5.87. The van der Waals surface area contributed by atoms with Crippen molar-refractivity contribution in [3.8, 4) is 0 Å². The molecule has 1 aromatic rings. The summed E-state index contributed by atoms with van der Waals surface area (Å²) in [5, 5.41) is 12.2. The maximum atomic E-state index is 10.7. The molecule has 4 nitrogen and oxygen atoms in total. The van der Waals surface area contributed by atoms with Gasteiger partial charge in [0.1, 0.15) is 0 Å². The number of benzene rings is 1. The lowest BCUT2D eigenvalue weighted by atomic mass is 10.1. The van der Waals surface area contributed by atoms with E-state index in [-0.39, 0.29) is 12.4 Å². The minimum Gasteiger partial charge on any atom is -0.478 e. The predicted octanol–water partition coefficient (Wildman–Crippen LogP) is 1.60. The third kappa shape index (κ3) is 4.29. The van der Waals surface area contributed by atoms with Crippen LogP contribution in [0.4, 0.5) is 0 Å². The molecule has 5 heteroatoms. The fourth-order valence-corrected chi connectivity index (χ4v) is 2.07. The number of halogens is 1. The van der Waals surface area contributed by atoms with Crippen LogP contribution in [0.3, 0.4) is 0 Å². The second-order valence-electron chi connectivity index (χ2n) is 4.38. The summed E-state index contributed by atoms with van der Waals surface area (Å²) in [4.78, 5) is 13.1. The van der Waals surface area contributed by atoms with E-state index in [1.54, 1.807) is 12.1 Å². The Hall–Kier alpha value is -1.10. The summed E-state index contributed by atoms with van der Waals surface area (Å²) >= 11 is 0. The predicted molar refractivity (Wildman–Crippen MR) is 73.4 cm³/mol. The third-order valence-electron chi connectivity index (χ3n) is 3.04. The summed E-state index contributed by atoms with van der Waals surface area (Å²) in [5.41, 5.74) is 1.53. The van der Waals surface area contributed by atoms with Crippen LogP contribution in [0.15, 0.2) is 24.3 Å². The Morgan fingerprint density at radius 3 is 2.61 bits per heavy atom. The van der Waals surface area contributed by atoms with Crippen molar-refractivity contribution in [1.29, 1.82) is 0 Å². The summed E-state index contributed by atoms with van der Waals surface area (Å²) in [6.45, 7) is 5.19. The molecule has 100 valence electrons. The highest BCUT2D eigenvalue weighted by Gasteiger charge is 2.09. The van der Waals surface area contributed by atoms with Gasteiger partial charge >= 0.3 is 5.97 Å². The lowest BCUT2D eigenvalue weighted by Gasteiger charge is -2.19. The summed E-state index contributed by atoms with van der Waals surface area (Å²) in [6, 6.07) is 7.16. The average molecular weight is 271 g/mol. The van der Waals surface area contributed by atoms with Gasteiger partial charge in [0.15, 0.2) is 0 Å². The van der Waals surface area contributed by atoms with Gasteiger partial charge in [0.2, 0.25) is 0 Å². The first-order valence-corrected chi connectivity index (χ1v) is 6.01. The van der Waals surface area contributed by atoms with E-state index >= 15 is 0 Å². The quantitative estimate of drug-likeness (QED) is 0.876. The lowest BCUT2D eigenvalue weighted by molar-refractivity contribution is 0.0697. The van der Waals surface area contributed by atoms with E-state index in [4.69, 9.17) is 5.11 Å². The van der Waals surface area contributed by atoms with E-state index in [0.717, 1.165) is 32.7 Å². The van der Waals surface area contributed by atoms with Crippen LogP contribution in [0.5, 0.6) is 0 Å². The van der Waals surface area contributed by atoms with Gasteiger partial charge < -0.3 is 10.4 Å². The van der Waals surface area contributed by atoms with E-state index in [1.165, 1.54) is 12.0 Å². The number of carboxylic acid groups (broad SMARTS) is 1. The molecule has 0 spiro atoms. The van der Waals surface area contributed by atoms with Gasteiger partial charge in [0.25, 0.3) is 0 Å². The number of carboxylic acids is 1. The van der Waals surface area contributed by atoms with Gasteiger partial charge in [-0.1, -0.05) is 12.1 Å². The smallest absolute Gasteiger partial charge is 0.335 e. The molecule has 2 rings (SSSR count). The zero-order valence-corrected chi connectivity index (χ0v) is 11.1. The van der Waals surface area contributed by atoms with Crippen molar-refractivity contribution in [2.24, 2.45) is 0 Å². The molecule has 18 heavy (non-hydrogen) atoms. The van der Waals surface area contributed by atoms with Crippen LogP contribution in [0, 0.1) is 0 Å². The fraction of sp³-hybridized carbons (Fsp3) is 0.462. The molecule has 1 aromatic carbocycles. The average Bonchev–Trinajstić information content (AvgIpc) is 2.58. The molecule has 1 saturated heterocycles. The molecule has 0 unspecified atom stereocenters. The van der Waals surface area contributed by atoms with Crippen molar-refractivity contribution >= 4 is 18.4 Å². The van der Waals surface area contributed by atoms with Crippen LogP contribution in [0.1, 0.15) is 22.3 Å². The third-order valence-corrected chi connectivity index (χ3v) is 3.04. The molecular weight excluding hydrogens is 252 g/mol. The topological polar surface area (TPSA) is 52.6 Å². The van der Waals surface area contributed by atoms with E-state index in [9.17, 15) is 4.79 Å². The Labute approximate surface area is 113 Å². The highest BCUT2D eigenvalue weighted by atomic mass is 35.5. The summed E-state index contributed by atoms with van der Waals surface area (Å²) < 4.78 is 0. The monoisotopic (exact) mass is 270 g/mol. The number of nitrogens with zero attached hydrogens (tertiary/aromatic N) is 1. The van der Waals surface area contributed by atoms with Crippen molar-refractivity contribution < 1.29 is 9.90 Å². The Bertz CT molecular complexity index is 373. The van der Waals surface area contributed by atoms with Crippen LogP contribution >= 0.6 is 12.4 Å². The Balaban J connectivity index is 0.00000162. The van der Waals surface area contributed by atoms with Crippen LogP contribution in [0.25, 0.3) is 0 Å². The molecule has 0 aromatic heterocycles. The molecule has 0 amide bonds. The van der Waals surface area contributed by atoms with E-state index in [0.29, 0.717) is 5.56 Å². The molecule has 0 saturated carbocycles. The SMILES string of the molecule is Cl.O=C(O)c1ccc(CN2CCCNCC2)cc1. The Kier molecular flexibility index (Phi) is 6.12. The van der Waals surface area contributed by atoms with Crippen LogP contribution < -0.4 is 5.32 Å². The van der Waals surface area contributed by atoms with Gasteiger partial charge in [-0.2, -0.15) is 0 Å². The Morgan fingerprint density at radius 1 is 1.22 bits per heavy atom. The zero-order chi connectivity index (χ0) is 12.1. The molecule has 1 fully saturated rings. The first-order valence-electron chi connectivity index (χ1n) is 6.01. The Morgan fingerprint density at radius 2 is 1.94 bits per heavy atom. The number of hydrogen-bond acceptors (Lipinski definition) is 3. The first kappa shape index (κ1) is 15.0. The molecule has 0 atom stereocenters. The van der Waals surface area contributed by atoms with Gasteiger partial charge in [-0.25, -0.2) is 4.79 Å². The largest absolute Gasteiger partial charge is 0.478 e. The van der Waals surface area contributed by atoms with Gasteiger partial charge in [-0.3, -0.25) is 4.90 Å². The number of nitrogens with one attached hydrogen (secondary N) is 1. The zero-order valence-electron chi connectivity index (χ0n) is 10.3. The van der Waals surface area contributed by atoms with E-state index in [1.807, 2.05) is 12.1 Å². The molecule has 1 aliphatic rings. The molecule has 0 radical (unpaired) electrons. The van der Waals surface area contributed by atoms with Gasteiger partial charge in [-0.15, -0.1) is 12.4 Å². The second kappa shape index (κ2) is 7.36. The number of rotatable bonds is 3. The van der Waals surface area contributed by atoms with Crippen molar-refractivity contribution in [3.63, 3.8) is 0 Å². The van der Waals surface area contributed by atoms with Gasteiger partial charge in [0, 0.05) is 19.6 Å². The molecule has 2 N–H and O–H groups in total. The van der Waals surface area contributed by atoms with Crippen molar-refractivity contribution in [2.75, 3.05) is 26.2 Å². The minimum absolute atomic E-state index is 0. The van der Waals surface area contributed by atoms with Gasteiger partial charge in [-0.05, 0) is 37.2 Å². The minimum atomic E-state index is -0.865. The van der Waals surface area contributed by atoms with E-state index < -0.39 is 5.97 Å². The maximum absolute atomic E-state index is 10.7. The molecule has 0 bridgehead atoms. The summed E-state index contributed by atoms with van der Waals surface area (Å²) in [5.74, 6) is -0.865. The van der Waals surface area contributed by atoms with Crippen LogP contribution in [0.2, 0.25) is 0 Å². The lowest BCUT2D eigenvalue weighted by Crippen LogP contribution is -2.27. The van der Waals surface area contributed by atoms with Crippen molar-refractivity contribution in [3.05, 3.63) is 35.4 Å². The maximum Gasteiger partial charge on any atom is 0.335 e. The standard InChI is InChI=1S/C13H18N2O2.ClH/c16-13(17)12-4-2-11(3-5-12)10-15-8-1-6-14-7-9-15;/h2-5,14H,1,6-10H2,(H,16,17);1H. The fourth-order valence-electron chi connectivity index (χ4n) is 2.07. The normalized spacial score (nSPS) is 16.7. The molecule has 0 aliphatic carbocycles. The molecule has 1 heterocycles. The van der Waals surface area contributed by atoms with Crippen molar-refractivity contribution in [2.45, 2.75) is 13.0 Å². The number of carbonyl (C=O) groups is 1. The summed E-state index contributed by atoms with van der Waals surface area (Å²) in [6.07, 6.45) is 1.17. The van der Waals surface area contributed by atoms with Crippen LogP contribution in [-0.4, -0.2) is 42.2 Å². The number of hydrogen-bond donors (Lipinski definition) is 2. The summed E-state index contributed by atoms with van der Waals surface area (Å²) in [7, 11) is 0.